The topological polar surface area (TPSA) is 61.4 Å². The molecule has 1 heterocycles. The van der Waals surface area contributed by atoms with Gasteiger partial charge in [0.15, 0.2) is 0 Å². The monoisotopic (exact) mass is 447 g/mol. The van der Waals surface area contributed by atoms with Gasteiger partial charge in [-0.15, -0.1) is 0 Å². The Morgan fingerprint density at radius 3 is 2.50 bits per heavy atom. The van der Waals surface area contributed by atoms with Crippen molar-refractivity contribution in [2.45, 2.75) is 32.7 Å². The molecule has 6 heteroatoms. The van der Waals surface area contributed by atoms with Crippen LogP contribution in [0.2, 0.25) is 5.02 Å². The van der Waals surface area contributed by atoms with Crippen molar-refractivity contribution in [3.8, 4) is 0 Å². The van der Waals surface area contributed by atoms with Crippen molar-refractivity contribution < 1.29 is 9.59 Å². The summed E-state index contributed by atoms with van der Waals surface area (Å²) in [5, 5.41) is 6.86. The van der Waals surface area contributed by atoms with Crippen LogP contribution >= 0.6 is 11.6 Å². The van der Waals surface area contributed by atoms with E-state index in [1.165, 1.54) is 0 Å². The lowest BCUT2D eigenvalue weighted by molar-refractivity contribution is -0.117. The summed E-state index contributed by atoms with van der Waals surface area (Å²) < 4.78 is 0. The molecule has 0 aliphatic carbocycles. The van der Waals surface area contributed by atoms with Crippen LogP contribution in [0.4, 0.5) is 17.1 Å². The van der Waals surface area contributed by atoms with Crippen molar-refractivity contribution in [3.05, 3.63) is 88.4 Å². The van der Waals surface area contributed by atoms with Gasteiger partial charge >= 0.3 is 0 Å². The van der Waals surface area contributed by atoms with Crippen molar-refractivity contribution in [1.82, 2.24) is 0 Å². The zero-order valence-corrected chi connectivity index (χ0v) is 18.9. The Balaban J connectivity index is 1.60. The van der Waals surface area contributed by atoms with Crippen molar-refractivity contribution in [3.63, 3.8) is 0 Å². The van der Waals surface area contributed by atoms with Crippen LogP contribution in [-0.2, 0) is 9.59 Å². The number of hydrogen-bond acceptors (Lipinski definition) is 3. The average molecular weight is 448 g/mol. The standard InChI is InChI=1S/C26H26ClN3O2/c1-17-10-11-18(2)22(15-17)29-26(32)25(19-7-4-3-5-8-19)28-20-12-13-23(21(27)16-20)30-14-6-9-24(30)31/h3-5,7-8,10-13,15-16,25,28H,6,9,14H2,1-2H3,(H,29,32)/t25-/m1/s1. The lowest BCUT2D eigenvalue weighted by atomic mass is 10.0. The second-order valence-corrected chi connectivity index (χ2v) is 8.52. The molecule has 1 fully saturated rings. The minimum Gasteiger partial charge on any atom is -0.370 e. The lowest BCUT2D eigenvalue weighted by Crippen LogP contribution is -2.28. The van der Waals surface area contributed by atoms with Crippen LogP contribution in [0.1, 0.15) is 35.6 Å². The number of carbonyl (C=O) groups excluding carboxylic acids is 2. The van der Waals surface area contributed by atoms with Gasteiger partial charge in [-0.25, -0.2) is 0 Å². The smallest absolute Gasteiger partial charge is 0.251 e. The van der Waals surface area contributed by atoms with Crippen LogP contribution in [0.15, 0.2) is 66.7 Å². The summed E-state index contributed by atoms with van der Waals surface area (Å²) in [6.45, 7) is 4.64. The number of nitrogens with zero attached hydrogens (tertiary/aromatic N) is 1. The quantitative estimate of drug-likeness (QED) is 0.496. The summed E-state index contributed by atoms with van der Waals surface area (Å²) in [4.78, 5) is 27.1. The Kier molecular flexibility index (Phi) is 6.47. The molecule has 1 atom stereocenters. The van der Waals surface area contributed by atoms with Gasteiger partial charge in [-0.1, -0.05) is 54.1 Å². The normalized spacial score (nSPS) is 14.3. The number of amides is 2. The highest BCUT2D eigenvalue weighted by molar-refractivity contribution is 6.34. The molecule has 3 aromatic carbocycles. The molecule has 2 N–H and O–H groups in total. The van der Waals surface area contributed by atoms with Crippen molar-refractivity contribution in [2.75, 3.05) is 22.1 Å². The Morgan fingerprint density at radius 2 is 1.81 bits per heavy atom. The number of nitrogens with one attached hydrogen (secondary N) is 2. The van der Waals surface area contributed by atoms with Crippen LogP contribution in [-0.4, -0.2) is 18.4 Å². The van der Waals surface area contributed by atoms with Gasteiger partial charge in [-0.2, -0.15) is 0 Å². The van der Waals surface area contributed by atoms with Gasteiger partial charge in [-0.05, 0) is 61.2 Å². The minimum absolute atomic E-state index is 0.0858. The molecule has 5 nitrogen and oxygen atoms in total. The van der Waals surface area contributed by atoms with E-state index in [1.807, 2.05) is 74.5 Å². The van der Waals surface area contributed by atoms with Gasteiger partial charge in [-0.3, -0.25) is 9.59 Å². The van der Waals surface area contributed by atoms with Gasteiger partial charge in [0.05, 0.1) is 10.7 Å². The zero-order valence-electron chi connectivity index (χ0n) is 18.2. The van der Waals surface area contributed by atoms with E-state index in [-0.39, 0.29) is 11.8 Å². The van der Waals surface area contributed by atoms with Crippen LogP contribution < -0.4 is 15.5 Å². The number of aryl methyl sites for hydroxylation is 2. The van der Waals surface area contributed by atoms with E-state index in [4.69, 9.17) is 11.6 Å². The highest BCUT2D eigenvalue weighted by atomic mass is 35.5. The first-order valence-electron chi connectivity index (χ1n) is 10.7. The van der Waals surface area contributed by atoms with Crippen LogP contribution in [0.25, 0.3) is 0 Å². The highest BCUT2D eigenvalue weighted by Gasteiger charge is 2.25. The molecule has 1 aliphatic heterocycles. The van der Waals surface area contributed by atoms with Gasteiger partial charge in [0, 0.05) is 24.3 Å². The lowest BCUT2D eigenvalue weighted by Gasteiger charge is -2.22. The molecule has 1 saturated heterocycles. The van der Waals surface area contributed by atoms with E-state index in [0.717, 1.165) is 28.8 Å². The summed E-state index contributed by atoms with van der Waals surface area (Å²) in [5.74, 6) is -0.0810. The average Bonchev–Trinajstić information content (AvgIpc) is 3.20. The van der Waals surface area contributed by atoms with E-state index in [0.29, 0.717) is 29.4 Å². The molecule has 32 heavy (non-hydrogen) atoms. The second kappa shape index (κ2) is 9.45. The third-order valence-electron chi connectivity index (χ3n) is 5.67. The van der Waals surface area contributed by atoms with E-state index in [1.54, 1.807) is 11.0 Å². The van der Waals surface area contributed by atoms with Crippen molar-refractivity contribution >= 4 is 40.5 Å². The Hall–Kier alpha value is -3.31. The SMILES string of the molecule is Cc1ccc(C)c(NC(=O)[C@H](Nc2ccc(N3CCCC3=O)c(Cl)c2)c2ccccc2)c1. The van der Waals surface area contributed by atoms with E-state index in [9.17, 15) is 9.59 Å². The first kappa shape index (κ1) is 21.9. The molecule has 2 amide bonds. The van der Waals surface area contributed by atoms with Gasteiger partial charge in [0.2, 0.25) is 5.91 Å². The molecule has 0 unspecified atom stereocenters. The zero-order chi connectivity index (χ0) is 22.7. The molecule has 0 aromatic heterocycles. The second-order valence-electron chi connectivity index (χ2n) is 8.11. The van der Waals surface area contributed by atoms with Gasteiger partial charge in [0.25, 0.3) is 5.91 Å². The first-order valence-corrected chi connectivity index (χ1v) is 11.1. The van der Waals surface area contributed by atoms with Crippen LogP contribution in [0.3, 0.4) is 0 Å². The molecule has 0 bridgehead atoms. The first-order chi connectivity index (χ1) is 15.4. The maximum atomic E-state index is 13.3. The van der Waals surface area contributed by atoms with E-state index >= 15 is 0 Å². The Bertz CT molecular complexity index is 1150. The number of hydrogen-bond donors (Lipinski definition) is 2. The predicted molar refractivity (Wildman–Crippen MR) is 130 cm³/mol. The Morgan fingerprint density at radius 1 is 1.03 bits per heavy atom. The third kappa shape index (κ3) is 4.78. The largest absolute Gasteiger partial charge is 0.370 e. The third-order valence-corrected chi connectivity index (χ3v) is 5.97. The molecule has 0 radical (unpaired) electrons. The van der Waals surface area contributed by atoms with E-state index in [2.05, 4.69) is 10.6 Å². The maximum absolute atomic E-state index is 13.3. The number of halogens is 1. The molecular weight excluding hydrogens is 422 g/mol. The number of anilines is 3. The minimum atomic E-state index is -0.619. The van der Waals surface area contributed by atoms with E-state index < -0.39 is 6.04 Å². The maximum Gasteiger partial charge on any atom is 0.251 e. The fourth-order valence-corrected chi connectivity index (χ4v) is 4.19. The Labute approximate surface area is 193 Å². The van der Waals surface area contributed by atoms with Gasteiger partial charge in [0.1, 0.15) is 6.04 Å². The molecule has 4 rings (SSSR count). The fraction of sp³-hybridized carbons (Fsp3) is 0.231. The summed E-state index contributed by atoms with van der Waals surface area (Å²) in [6.07, 6.45) is 1.38. The molecule has 164 valence electrons. The highest BCUT2D eigenvalue weighted by Crippen LogP contribution is 2.33. The van der Waals surface area contributed by atoms with Crippen molar-refractivity contribution in [2.24, 2.45) is 0 Å². The van der Waals surface area contributed by atoms with Crippen LogP contribution in [0, 0.1) is 13.8 Å². The van der Waals surface area contributed by atoms with Crippen molar-refractivity contribution in [1.29, 1.82) is 0 Å². The number of benzene rings is 3. The summed E-state index contributed by atoms with van der Waals surface area (Å²) in [7, 11) is 0. The van der Waals surface area contributed by atoms with Crippen LogP contribution in [0.5, 0.6) is 0 Å². The molecule has 1 aliphatic rings. The summed E-state index contributed by atoms with van der Waals surface area (Å²) in [5.41, 5.74) is 5.11. The molecule has 0 spiro atoms. The molecule has 0 saturated carbocycles. The predicted octanol–water partition coefficient (Wildman–Crippen LogP) is 5.88. The number of rotatable bonds is 6. The summed E-state index contributed by atoms with van der Waals surface area (Å²) >= 11 is 6.52. The molecule has 3 aromatic rings. The summed E-state index contributed by atoms with van der Waals surface area (Å²) in [6, 6.07) is 20.4. The number of carbonyl (C=O) groups is 2. The molecular formula is C26H26ClN3O2. The van der Waals surface area contributed by atoms with Gasteiger partial charge < -0.3 is 15.5 Å². The fourth-order valence-electron chi connectivity index (χ4n) is 3.91.